The first-order valence-corrected chi connectivity index (χ1v) is 30.5. The Morgan fingerprint density at radius 1 is 0.605 bits per heavy atom. The molecule has 1 aliphatic rings. The quantitative estimate of drug-likeness (QED) is 0.0768. The lowest BCUT2D eigenvalue weighted by Crippen LogP contribution is -2.64. The van der Waals surface area contributed by atoms with Gasteiger partial charge in [0.05, 0.1) is 37.6 Å². The van der Waals surface area contributed by atoms with Gasteiger partial charge in [-0.3, -0.25) is 53.6 Å². The van der Waals surface area contributed by atoms with E-state index in [1.54, 1.807) is 41.8 Å². The highest BCUT2D eigenvalue weighted by Gasteiger charge is 2.45. The molecule has 12 atom stereocenters. The molecule has 27 nitrogen and oxygen atoms in total. The van der Waals surface area contributed by atoms with E-state index in [0.717, 1.165) is 14.7 Å². The van der Waals surface area contributed by atoms with Crippen molar-refractivity contribution in [2.75, 3.05) is 62.4 Å². The zero-order valence-corrected chi connectivity index (χ0v) is 55.7. The van der Waals surface area contributed by atoms with Crippen molar-refractivity contribution in [3.05, 3.63) is 5.82 Å². The average Bonchev–Trinajstić information content (AvgIpc) is 1.79. The molecule has 86 heavy (non-hydrogen) atoms. The van der Waals surface area contributed by atoms with Crippen molar-refractivity contribution in [1.29, 1.82) is 0 Å². The number of aliphatic hydroxyl groups excluding tert-OH is 2. The number of esters is 1. The second-order valence-corrected chi connectivity index (χ2v) is 26.4. The largest absolute Gasteiger partial charge is 0.417 e. The smallest absolute Gasteiger partial charge is 0.391 e. The Bertz CT molecular complexity index is 2360. The minimum atomic E-state index is -1.75. The third-order valence-electron chi connectivity index (χ3n) is 15.8. The molecule has 492 valence electrons. The van der Waals surface area contributed by atoms with Gasteiger partial charge in [0.2, 0.25) is 41.4 Å². The number of hydrogen-bond donors (Lipinski definition) is 7. The van der Waals surface area contributed by atoms with Gasteiger partial charge >= 0.3 is 12.1 Å². The Labute approximate surface area is 511 Å². The summed E-state index contributed by atoms with van der Waals surface area (Å²) in [5.74, 6) is -7.40. The fourth-order valence-electron chi connectivity index (χ4n) is 10.6. The molecule has 0 saturated carbocycles. The number of amides is 8. The molecule has 1 saturated heterocycles. The Kier molecular flexibility index (Phi) is 31.2. The molecule has 2 heterocycles. The van der Waals surface area contributed by atoms with Crippen LogP contribution in [0.1, 0.15) is 148 Å². The number of likely N-dealkylation sites (N-methyl/N-ethyl adjacent to an activating group) is 5. The van der Waals surface area contributed by atoms with Crippen LogP contribution in [0.5, 0.6) is 0 Å². The van der Waals surface area contributed by atoms with Crippen molar-refractivity contribution in [3.63, 3.8) is 0 Å². The van der Waals surface area contributed by atoms with Crippen LogP contribution in [0.25, 0.3) is 0 Å². The molecular weight excluding hydrogens is 1110 g/mol. The zero-order valence-electron chi connectivity index (χ0n) is 55.7. The molecule has 1 aromatic rings. The van der Waals surface area contributed by atoms with Crippen molar-refractivity contribution in [2.45, 2.75) is 216 Å². The van der Waals surface area contributed by atoms with E-state index in [9.17, 15) is 48.6 Å². The molecule has 27 heteroatoms. The van der Waals surface area contributed by atoms with E-state index in [1.165, 1.54) is 52.0 Å². The van der Waals surface area contributed by atoms with Crippen LogP contribution in [0.2, 0.25) is 0 Å². The third kappa shape index (κ3) is 23.0. The van der Waals surface area contributed by atoms with Crippen LogP contribution in [0.3, 0.4) is 0 Å². The van der Waals surface area contributed by atoms with E-state index >= 15 is 4.79 Å². The molecule has 1 aliphatic heterocycles. The molecule has 1 aromatic heterocycles. The number of H-pyrrole nitrogens is 1. The minimum absolute atomic E-state index is 0.0442. The maximum absolute atomic E-state index is 15.2. The van der Waals surface area contributed by atoms with Gasteiger partial charge in [-0.25, -0.2) is 14.7 Å². The highest BCUT2D eigenvalue weighted by molar-refractivity contribution is 5.98. The normalized spacial score (nSPS) is 25.9. The topological polar surface area (TPSA) is 329 Å². The molecule has 0 aliphatic carbocycles. The van der Waals surface area contributed by atoms with Crippen LogP contribution in [0.15, 0.2) is 0 Å². The molecule has 7 N–H and O–H groups in total. The van der Waals surface area contributed by atoms with Gasteiger partial charge in [-0.05, 0) is 125 Å². The molecule has 8 amide bonds. The van der Waals surface area contributed by atoms with Crippen LogP contribution in [0.4, 0.5) is 4.79 Å². The van der Waals surface area contributed by atoms with E-state index in [1.807, 2.05) is 79.0 Å². The van der Waals surface area contributed by atoms with Gasteiger partial charge < -0.3 is 50.5 Å². The van der Waals surface area contributed by atoms with Gasteiger partial charge in [-0.15, -0.1) is 5.10 Å². The summed E-state index contributed by atoms with van der Waals surface area (Å²) in [6.45, 7) is 27.1. The van der Waals surface area contributed by atoms with E-state index < -0.39 is 139 Å². The lowest BCUT2D eigenvalue weighted by atomic mass is 9.91. The fourth-order valence-corrected chi connectivity index (χ4v) is 10.6. The van der Waals surface area contributed by atoms with Crippen LogP contribution < -0.4 is 21.3 Å². The van der Waals surface area contributed by atoms with Crippen LogP contribution in [-0.4, -0.2) is 248 Å². The van der Waals surface area contributed by atoms with Crippen molar-refractivity contribution >= 4 is 53.4 Å². The standard InChI is InChI=1S/C59H109N15O12/c1-32(2)25-41-55(81)73(21)49(37(11)12)57(83)74(22)50(51(77)38(13)23-24-68(16)30-44-64-66-67-65-44)54(80)63-48(40(15)75)56(82)69(17)31-47(76)70(18)42(26-33(3)4)53(79)62-46(29-36(9)10)72(20)45(28-35(7)8)60-39(14)58(84)86-59(85)71(19)43(27-34(5)6)52(78)61-41/h32-43,45-46,48-51,60,75,77H,23-31H2,1-22H3,(H,61,78)(H,62,79)(H,63,80)(H,64,65,66,67)/t38-,39-,40-,41-,42+,43-,45-,46+,48?,49?,50?,51-/m1/s1. The van der Waals surface area contributed by atoms with Crippen molar-refractivity contribution in [3.8, 4) is 0 Å². The molecule has 0 bridgehead atoms. The van der Waals surface area contributed by atoms with Gasteiger partial charge in [-0.2, -0.15) is 0 Å². The highest BCUT2D eigenvalue weighted by atomic mass is 16.6. The number of nitrogens with one attached hydrogen (secondary N) is 5. The number of nitrogens with zero attached hydrogens (tertiary/aromatic N) is 10. The van der Waals surface area contributed by atoms with Crippen molar-refractivity contribution in [1.82, 2.24) is 76.2 Å². The molecule has 3 unspecified atom stereocenters. The number of ether oxygens (including phenoxy) is 1. The van der Waals surface area contributed by atoms with E-state index in [2.05, 4.69) is 41.9 Å². The number of aromatic nitrogens is 4. The van der Waals surface area contributed by atoms with Crippen LogP contribution in [-0.2, 0) is 49.6 Å². The van der Waals surface area contributed by atoms with Crippen LogP contribution >= 0.6 is 0 Å². The lowest BCUT2D eigenvalue weighted by molar-refractivity contribution is -0.155. The molecular formula is C59H109N15O12. The molecule has 0 spiro atoms. The Morgan fingerprint density at radius 3 is 1.62 bits per heavy atom. The first kappa shape index (κ1) is 76.2. The Hall–Kier alpha value is -5.90. The molecule has 2 rings (SSSR count). The lowest BCUT2D eigenvalue weighted by Gasteiger charge is -2.40. The number of tetrazole rings is 1. The summed E-state index contributed by atoms with van der Waals surface area (Å²) in [5.41, 5.74) is 0. The summed E-state index contributed by atoms with van der Waals surface area (Å²) in [6.07, 6.45) is -3.97. The van der Waals surface area contributed by atoms with Crippen molar-refractivity contribution in [2.24, 2.45) is 41.4 Å². The number of carbonyl (C=O) groups is 9. The van der Waals surface area contributed by atoms with Crippen molar-refractivity contribution < 1.29 is 58.1 Å². The molecule has 0 radical (unpaired) electrons. The number of aliphatic hydroxyl groups is 2. The summed E-state index contributed by atoms with van der Waals surface area (Å²) >= 11 is 0. The summed E-state index contributed by atoms with van der Waals surface area (Å²) in [5, 5.41) is 49.4. The second-order valence-electron chi connectivity index (χ2n) is 26.4. The fraction of sp³-hybridized carbons (Fsp3) is 0.831. The SMILES string of the molecule is CC(C)C[C@@H]1C(=O)N[C@H](CC(C)C)C(=O)N(C)C(C(C)C)C(=O)N(C)C([C@H](O)[C@H](C)CCN(C)Cc2nnn[nH]2)C(=O)NC([C@@H](C)O)C(=O)N(C)CC(=O)N(C)[C@@H](CC(C)C)C(=O)N[C@H](CC(C)C)N(C)[C@H](CC(C)C)N[C@H](C)C(=O)OC(=O)N1C. The van der Waals surface area contributed by atoms with Gasteiger partial charge in [0.15, 0.2) is 5.82 Å². The van der Waals surface area contributed by atoms with E-state index in [0.29, 0.717) is 31.8 Å². The number of hydrogen-bond acceptors (Lipinski definition) is 18. The third-order valence-corrected chi connectivity index (χ3v) is 15.8. The first-order valence-electron chi connectivity index (χ1n) is 30.5. The summed E-state index contributed by atoms with van der Waals surface area (Å²) < 4.78 is 5.48. The van der Waals surface area contributed by atoms with Gasteiger partial charge in [0.25, 0.3) is 0 Å². The predicted molar refractivity (Wildman–Crippen MR) is 324 cm³/mol. The number of cyclic esters (lactones) is 2. The maximum atomic E-state index is 15.2. The minimum Gasteiger partial charge on any atom is -0.391 e. The predicted octanol–water partition coefficient (Wildman–Crippen LogP) is 1.85. The second kappa shape index (κ2) is 35.2. The highest BCUT2D eigenvalue weighted by Crippen LogP contribution is 2.24. The van der Waals surface area contributed by atoms with Gasteiger partial charge in [0, 0.05) is 35.2 Å². The van der Waals surface area contributed by atoms with Crippen LogP contribution in [0, 0.1) is 41.4 Å². The Morgan fingerprint density at radius 2 is 1.12 bits per heavy atom. The van der Waals surface area contributed by atoms with Gasteiger partial charge in [0.1, 0.15) is 42.3 Å². The number of aromatic amines is 1. The molecule has 0 aromatic carbocycles. The summed E-state index contributed by atoms with van der Waals surface area (Å²) in [6, 6.07) is -9.43. The first-order chi connectivity index (χ1) is 39.8. The average molecular weight is 1220 g/mol. The Balaban J connectivity index is 2.96. The molecule has 1 fully saturated rings. The maximum Gasteiger partial charge on any atom is 0.417 e. The monoisotopic (exact) mass is 1220 g/mol. The number of rotatable bonds is 19. The zero-order chi connectivity index (χ0) is 65.9. The van der Waals surface area contributed by atoms with Gasteiger partial charge in [-0.1, -0.05) is 90.0 Å². The summed E-state index contributed by atoms with van der Waals surface area (Å²) in [7, 11) is 10.4. The summed E-state index contributed by atoms with van der Waals surface area (Å²) in [4.78, 5) is 141. The van der Waals surface area contributed by atoms with E-state index in [4.69, 9.17) is 4.74 Å². The number of carbonyl (C=O) groups excluding carboxylic acids is 9. The van der Waals surface area contributed by atoms with E-state index in [-0.39, 0.29) is 55.3 Å².